The van der Waals surface area contributed by atoms with E-state index in [0.717, 1.165) is 0 Å². The summed E-state index contributed by atoms with van der Waals surface area (Å²) in [7, 11) is 0. The highest BCUT2D eigenvalue weighted by molar-refractivity contribution is 9.10. The van der Waals surface area contributed by atoms with Crippen molar-refractivity contribution >= 4 is 50.1 Å². The van der Waals surface area contributed by atoms with Gasteiger partial charge in [0.15, 0.2) is 11.4 Å². The van der Waals surface area contributed by atoms with Crippen molar-refractivity contribution in [3.05, 3.63) is 27.4 Å². The van der Waals surface area contributed by atoms with Crippen molar-refractivity contribution in [1.82, 2.24) is 5.32 Å². The number of hydrogen-bond donors (Lipinski definition) is 1. The largest absolute Gasteiger partial charge is 0.271 e. The fourth-order valence-corrected chi connectivity index (χ4v) is 1.90. The van der Waals surface area contributed by atoms with Gasteiger partial charge >= 0.3 is 0 Å². The van der Waals surface area contributed by atoms with E-state index in [1.165, 1.54) is 23.9 Å². The van der Waals surface area contributed by atoms with Crippen molar-refractivity contribution in [3.63, 3.8) is 0 Å². The number of thioether (sulfide) groups is 1. The van der Waals surface area contributed by atoms with Gasteiger partial charge in [-0.15, -0.1) is 0 Å². The third-order valence-corrected chi connectivity index (χ3v) is 3.06. The Hall–Kier alpha value is -0.770. The number of amidine groups is 1. The monoisotopic (exact) mass is 321 g/mol. The summed E-state index contributed by atoms with van der Waals surface area (Å²) in [6.45, 7) is 0. The molecule has 0 aromatic heterocycles. The first kappa shape index (κ1) is 13.3. The van der Waals surface area contributed by atoms with Crippen LogP contribution < -0.4 is 5.32 Å². The average Bonchev–Trinajstić information content (AvgIpc) is 2.25. The van der Waals surface area contributed by atoms with Gasteiger partial charge in [-0.1, -0.05) is 23.4 Å². The minimum absolute atomic E-state index is 0.273. The molecule has 84 valence electrons. The standard InChI is InChI=1S/C9H6BrClFN3S/c1-16-9(14-4-13)15-8-3-7(12)5(10)2-6(8)11/h2-3H,1H3,(H,14,15). The van der Waals surface area contributed by atoms with E-state index in [-0.39, 0.29) is 10.2 Å². The van der Waals surface area contributed by atoms with Gasteiger partial charge in [-0.25, -0.2) is 9.38 Å². The minimum Gasteiger partial charge on any atom is -0.271 e. The Morgan fingerprint density at radius 2 is 2.38 bits per heavy atom. The highest BCUT2D eigenvalue weighted by Gasteiger charge is 2.07. The molecule has 0 saturated heterocycles. The van der Waals surface area contributed by atoms with Crippen LogP contribution in [0.15, 0.2) is 21.6 Å². The van der Waals surface area contributed by atoms with E-state index in [9.17, 15) is 4.39 Å². The highest BCUT2D eigenvalue weighted by atomic mass is 79.9. The molecule has 0 unspecified atom stereocenters. The fraction of sp³-hybridized carbons (Fsp3) is 0.111. The van der Waals surface area contributed by atoms with Gasteiger partial charge in [0.1, 0.15) is 5.82 Å². The molecule has 3 nitrogen and oxygen atoms in total. The maximum absolute atomic E-state index is 13.2. The molecule has 0 bridgehead atoms. The zero-order valence-electron chi connectivity index (χ0n) is 8.09. The number of benzene rings is 1. The van der Waals surface area contributed by atoms with Crippen molar-refractivity contribution in [1.29, 1.82) is 5.26 Å². The average molecular weight is 323 g/mol. The molecule has 1 aromatic carbocycles. The van der Waals surface area contributed by atoms with Gasteiger partial charge in [0, 0.05) is 6.07 Å². The molecule has 0 spiro atoms. The molecule has 0 amide bonds. The van der Waals surface area contributed by atoms with Crippen LogP contribution >= 0.6 is 39.3 Å². The van der Waals surface area contributed by atoms with Gasteiger partial charge in [0.25, 0.3) is 0 Å². The Morgan fingerprint density at radius 1 is 1.69 bits per heavy atom. The molecule has 0 saturated carbocycles. The molecular formula is C9H6BrClFN3S. The van der Waals surface area contributed by atoms with E-state index in [4.69, 9.17) is 16.9 Å². The lowest BCUT2D eigenvalue weighted by Crippen LogP contribution is -2.12. The van der Waals surface area contributed by atoms with Crippen molar-refractivity contribution in [3.8, 4) is 6.19 Å². The van der Waals surface area contributed by atoms with Crippen LogP contribution in [0.1, 0.15) is 0 Å². The maximum atomic E-state index is 13.2. The van der Waals surface area contributed by atoms with Gasteiger partial charge in [0.2, 0.25) is 0 Å². The molecule has 7 heteroatoms. The molecule has 0 fully saturated rings. The van der Waals surface area contributed by atoms with Crippen LogP contribution in [0.3, 0.4) is 0 Å². The van der Waals surface area contributed by atoms with E-state index >= 15 is 0 Å². The third-order valence-electron chi connectivity index (χ3n) is 1.57. The minimum atomic E-state index is -0.458. The van der Waals surface area contributed by atoms with Crippen molar-refractivity contribution < 1.29 is 4.39 Å². The van der Waals surface area contributed by atoms with E-state index in [2.05, 4.69) is 26.2 Å². The second-order valence-electron chi connectivity index (χ2n) is 2.58. The summed E-state index contributed by atoms with van der Waals surface area (Å²) >= 11 is 10.1. The topological polar surface area (TPSA) is 48.2 Å². The van der Waals surface area contributed by atoms with Crippen molar-refractivity contribution in [2.45, 2.75) is 0 Å². The summed E-state index contributed by atoms with van der Waals surface area (Å²) in [6.07, 6.45) is 3.48. The Bertz CT molecular complexity index is 473. The number of hydrogen-bond acceptors (Lipinski definition) is 3. The van der Waals surface area contributed by atoms with Crippen LogP contribution in [0.2, 0.25) is 5.02 Å². The molecule has 1 aromatic rings. The number of aliphatic imine (C=N–C) groups is 1. The van der Waals surface area contributed by atoms with Gasteiger partial charge in [0.05, 0.1) is 15.2 Å². The second kappa shape index (κ2) is 6.09. The normalized spacial score (nSPS) is 11.1. The molecule has 1 rings (SSSR count). The maximum Gasteiger partial charge on any atom is 0.183 e. The first-order valence-corrected chi connectivity index (χ1v) is 6.40. The molecule has 1 N–H and O–H groups in total. The summed E-state index contributed by atoms with van der Waals surface area (Å²) in [6, 6.07) is 2.61. The lowest BCUT2D eigenvalue weighted by molar-refractivity contribution is 0.621. The first-order chi connectivity index (χ1) is 7.58. The lowest BCUT2D eigenvalue weighted by Gasteiger charge is -2.03. The molecular weight excluding hydrogens is 317 g/mol. The molecule has 0 aliphatic rings. The molecule has 0 atom stereocenters. The predicted octanol–water partition coefficient (Wildman–Crippen LogP) is 3.66. The van der Waals surface area contributed by atoms with E-state index < -0.39 is 5.82 Å². The molecule has 0 aliphatic carbocycles. The Kier molecular flexibility index (Phi) is 5.06. The van der Waals surface area contributed by atoms with Crippen LogP contribution in [0, 0.1) is 17.3 Å². The summed E-state index contributed by atoms with van der Waals surface area (Å²) in [4.78, 5) is 4.02. The second-order valence-corrected chi connectivity index (χ2v) is 4.63. The first-order valence-electron chi connectivity index (χ1n) is 4.00. The lowest BCUT2D eigenvalue weighted by atomic mass is 10.3. The molecule has 16 heavy (non-hydrogen) atoms. The molecule has 0 aliphatic heterocycles. The number of nitrogens with zero attached hydrogens (tertiary/aromatic N) is 2. The van der Waals surface area contributed by atoms with E-state index in [0.29, 0.717) is 10.2 Å². The van der Waals surface area contributed by atoms with Crippen LogP contribution in [0.4, 0.5) is 10.1 Å². The van der Waals surface area contributed by atoms with Gasteiger partial charge in [-0.2, -0.15) is 5.26 Å². The summed E-state index contributed by atoms with van der Waals surface area (Å²) in [5.41, 5.74) is 0.273. The van der Waals surface area contributed by atoms with Gasteiger partial charge < -0.3 is 0 Å². The third kappa shape index (κ3) is 3.37. The Balaban J connectivity index is 3.14. The fourth-order valence-electron chi connectivity index (χ4n) is 0.880. The number of nitriles is 1. The summed E-state index contributed by atoms with van der Waals surface area (Å²) in [5.74, 6) is -0.458. The van der Waals surface area contributed by atoms with Crippen LogP contribution in [-0.2, 0) is 0 Å². The summed E-state index contributed by atoms with van der Waals surface area (Å²) in [5, 5.41) is 11.5. The SMILES string of the molecule is CSC(=Nc1cc(F)c(Br)cc1Cl)NC#N. The quantitative estimate of drug-likeness (QED) is 0.282. The van der Waals surface area contributed by atoms with Gasteiger partial charge in [-0.3, -0.25) is 5.32 Å². The van der Waals surface area contributed by atoms with E-state index in [1.807, 2.05) is 0 Å². The number of rotatable bonds is 1. The zero-order chi connectivity index (χ0) is 12.1. The zero-order valence-corrected chi connectivity index (χ0v) is 11.2. The van der Waals surface area contributed by atoms with Crippen LogP contribution in [0.25, 0.3) is 0 Å². The summed E-state index contributed by atoms with van der Waals surface area (Å²) < 4.78 is 13.5. The smallest absolute Gasteiger partial charge is 0.183 e. The van der Waals surface area contributed by atoms with E-state index in [1.54, 1.807) is 12.4 Å². The molecule has 0 radical (unpaired) electrons. The number of nitrogens with one attached hydrogen (secondary N) is 1. The van der Waals surface area contributed by atoms with Crippen LogP contribution in [-0.4, -0.2) is 11.4 Å². The van der Waals surface area contributed by atoms with Gasteiger partial charge in [-0.05, 0) is 28.3 Å². The van der Waals surface area contributed by atoms with Crippen molar-refractivity contribution in [2.75, 3.05) is 6.26 Å². The van der Waals surface area contributed by atoms with Crippen LogP contribution in [0.5, 0.6) is 0 Å². The molecule has 0 heterocycles. The van der Waals surface area contributed by atoms with Crippen molar-refractivity contribution in [2.24, 2.45) is 4.99 Å². The predicted molar refractivity (Wildman–Crippen MR) is 68.5 cm³/mol. The number of halogens is 3. The Morgan fingerprint density at radius 3 is 2.94 bits per heavy atom. The highest BCUT2D eigenvalue weighted by Crippen LogP contribution is 2.31. The Labute approximate surface area is 110 Å².